The lowest BCUT2D eigenvalue weighted by Crippen LogP contribution is -2.22. The number of nitrogens with zero attached hydrogens (tertiary/aromatic N) is 2. The molecule has 0 saturated carbocycles. The number of hydrogen-bond donors (Lipinski definition) is 3. The fourth-order valence-corrected chi connectivity index (χ4v) is 4.30. The van der Waals surface area contributed by atoms with Gasteiger partial charge < -0.3 is 14.9 Å². The van der Waals surface area contributed by atoms with Crippen molar-refractivity contribution in [1.82, 2.24) is 9.78 Å². The summed E-state index contributed by atoms with van der Waals surface area (Å²) in [4.78, 5) is 0.0869. The summed E-state index contributed by atoms with van der Waals surface area (Å²) in [7, 11) is -2.31. The van der Waals surface area contributed by atoms with Crippen LogP contribution in [0.25, 0.3) is 11.1 Å². The first-order valence-electron chi connectivity index (χ1n) is 10.2. The highest BCUT2D eigenvalue weighted by Gasteiger charge is 2.25. The average molecular weight is 460 g/mol. The van der Waals surface area contributed by atoms with Crippen LogP contribution in [0.4, 0.5) is 5.82 Å². The average Bonchev–Trinajstić information content (AvgIpc) is 3.07. The van der Waals surface area contributed by atoms with Crippen LogP contribution in [0.3, 0.4) is 0 Å². The minimum Gasteiger partial charge on any atom is -0.474 e. The van der Waals surface area contributed by atoms with Gasteiger partial charge in [-0.25, -0.2) is 13.1 Å². The van der Waals surface area contributed by atoms with Gasteiger partial charge in [0.15, 0.2) is 0 Å². The largest absolute Gasteiger partial charge is 0.474 e. The molecule has 0 amide bonds. The zero-order chi connectivity index (χ0) is 23.5. The molecule has 2 aromatic carbocycles. The van der Waals surface area contributed by atoms with Gasteiger partial charge in [-0.2, -0.15) is 0 Å². The maximum absolute atomic E-state index is 13.2. The quantitative estimate of drug-likeness (QED) is 0.453. The summed E-state index contributed by atoms with van der Waals surface area (Å²) < 4.78 is 35.9. The number of benzene rings is 2. The number of ether oxygens (including phenoxy) is 1. The van der Waals surface area contributed by atoms with Gasteiger partial charge in [0.05, 0.1) is 23.7 Å². The summed E-state index contributed by atoms with van der Waals surface area (Å²) in [6.45, 7) is 5.51. The normalized spacial score (nSPS) is 12.1. The SMILES string of the molecule is Cc1ccc(-c2c(OCCO)nn(C)c2NS(=O)(=O)c2ccc(C(C)(C)CO)cc2)cc1. The predicted molar refractivity (Wildman–Crippen MR) is 123 cm³/mol. The van der Waals surface area contributed by atoms with Gasteiger partial charge in [-0.3, -0.25) is 4.72 Å². The maximum Gasteiger partial charge on any atom is 0.263 e. The Kier molecular flexibility index (Phi) is 6.92. The molecule has 3 rings (SSSR count). The number of hydrogen-bond acceptors (Lipinski definition) is 6. The molecule has 172 valence electrons. The molecule has 0 unspecified atom stereocenters. The molecule has 0 fully saturated rings. The van der Waals surface area contributed by atoms with Gasteiger partial charge in [-0.15, -0.1) is 5.10 Å². The van der Waals surface area contributed by atoms with Crippen molar-refractivity contribution in [3.63, 3.8) is 0 Å². The lowest BCUT2D eigenvalue weighted by atomic mass is 9.86. The molecule has 0 aliphatic heterocycles. The molecule has 0 radical (unpaired) electrons. The smallest absolute Gasteiger partial charge is 0.263 e. The van der Waals surface area contributed by atoms with E-state index in [0.717, 1.165) is 16.7 Å². The highest BCUT2D eigenvalue weighted by Crippen LogP contribution is 2.37. The van der Waals surface area contributed by atoms with Crippen LogP contribution < -0.4 is 9.46 Å². The predicted octanol–water partition coefficient (Wildman–Crippen LogP) is 2.84. The number of aromatic nitrogens is 2. The maximum atomic E-state index is 13.2. The second-order valence-electron chi connectivity index (χ2n) is 8.26. The number of nitrogens with one attached hydrogen (secondary N) is 1. The summed E-state index contributed by atoms with van der Waals surface area (Å²) >= 11 is 0. The number of rotatable bonds is 9. The fraction of sp³-hybridized carbons (Fsp3) is 0.348. The monoisotopic (exact) mass is 459 g/mol. The van der Waals surface area contributed by atoms with Crippen LogP contribution in [0.2, 0.25) is 0 Å². The number of aryl methyl sites for hydroxylation is 2. The van der Waals surface area contributed by atoms with Crippen molar-refractivity contribution in [2.75, 3.05) is 24.5 Å². The van der Waals surface area contributed by atoms with E-state index in [1.54, 1.807) is 19.2 Å². The molecule has 9 heteroatoms. The molecule has 3 aromatic rings. The Morgan fingerprint density at radius 2 is 1.69 bits per heavy atom. The zero-order valence-electron chi connectivity index (χ0n) is 18.7. The van der Waals surface area contributed by atoms with E-state index in [1.165, 1.54) is 16.8 Å². The molecule has 0 spiro atoms. The zero-order valence-corrected chi connectivity index (χ0v) is 19.5. The number of anilines is 1. The molecule has 3 N–H and O–H groups in total. The third-order valence-electron chi connectivity index (χ3n) is 5.26. The van der Waals surface area contributed by atoms with Crippen LogP contribution in [0, 0.1) is 6.92 Å². The molecular weight excluding hydrogens is 430 g/mol. The first-order chi connectivity index (χ1) is 15.1. The molecular formula is C23H29N3O5S. The van der Waals surface area contributed by atoms with Crippen molar-refractivity contribution in [2.24, 2.45) is 7.05 Å². The minimum atomic E-state index is -3.93. The lowest BCUT2D eigenvalue weighted by Gasteiger charge is -2.22. The van der Waals surface area contributed by atoms with Crippen molar-refractivity contribution >= 4 is 15.8 Å². The van der Waals surface area contributed by atoms with E-state index in [4.69, 9.17) is 9.84 Å². The molecule has 32 heavy (non-hydrogen) atoms. The van der Waals surface area contributed by atoms with E-state index in [1.807, 2.05) is 45.0 Å². The number of aliphatic hydroxyl groups is 2. The van der Waals surface area contributed by atoms with Crippen molar-refractivity contribution in [3.05, 3.63) is 59.7 Å². The van der Waals surface area contributed by atoms with Crippen molar-refractivity contribution < 1.29 is 23.4 Å². The topological polar surface area (TPSA) is 114 Å². The van der Waals surface area contributed by atoms with E-state index in [-0.39, 0.29) is 36.4 Å². The van der Waals surface area contributed by atoms with Crippen LogP contribution in [0.15, 0.2) is 53.4 Å². The molecule has 0 aliphatic rings. The van der Waals surface area contributed by atoms with Crippen LogP contribution in [0.5, 0.6) is 5.88 Å². The highest BCUT2D eigenvalue weighted by molar-refractivity contribution is 7.92. The van der Waals surface area contributed by atoms with Gasteiger partial charge in [-0.05, 0) is 30.2 Å². The summed E-state index contributed by atoms with van der Waals surface area (Å²) in [6, 6.07) is 14.0. The summed E-state index contributed by atoms with van der Waals surface area (Å²) in [5.74, 6) is 0.477. The van der Waals surface area contributed by atoms with Gasteiger partial charge in [0, 0.05) is 12.5 Å². The van der Waals surface area contributed by atoms with Gasteiger partial charge in [0.2, 0.25) is 5.88 Å². The van der Waals surface area contributed by atoms with Crippen molar-refractivity contribution in [1.29, 1.82) is 0 Å². The van der Waals surface area contributed by atoms with Crippen molar-refractivity contribution in [2.45, 2.75) is 31.1 Å². The van der Waals surface area contributed by atoms with E-state index in [2.05, 4.69) is 9.82 Å². The standard InChI is InChI=1S/C23H29N3O5S/c1-16-5-7-17(8-6-16)20-21(26(4)24-22(20)31-14-13-27)25-32(29,30)19-11-9-18(10-12-19)23(2,3)15-28/h5-12,25,27-28H,13-15H2,1-4H3. The van der Waals surface area contributed by atoms with E-state index >= 15 is 0 Å². The minimum absolute atomic E-state index is 0.0319. The van der Waals surface area contributed by atoms with Crippen LogP contribution in [0.1, 0.15) is 25.0 Å². The van der Waals surface area contributed by atoms with Crippen LogP contribution in [-0.2, 0) is 22.5 Å². The lowest BCUT2D eigenvalue weighted by molar-refractivity contribution is 0.196. The Morgan fingerprint density at radius 3 is 2.25 bits per heavy atom. The fourth-order valence-electron chi connectivity index (χ4n) is 3.20. The van der Waals surface area contributed by atoms with Gasteiger partial charge in [0.1, 0.15) is 12.4 Å². The molecule has 8 nitrogen and oxygen atoms in total. The first kappa shape index (κ1) is 23.8. The van der Waals surface area contributed by atoms with Gasteiger partial charge in [0.25, 0.3) is 10.0 Å². The Balaban J connectivity index is 2.02. The third-order valence-corrected chi connectivity index (χ3v) is 6.61. The van der Waals surface area contributed by atoms with Crippen molar-refractivity contribution in [3.8, 4) is 17.0 Å². The molecule has 0 atom stereocenters. The highest BCUT2D eigenvalue weighted by atomic mass is 32.2. The Hall–Kier alpha value is -2.88. The summed E-state index contributed by atoms with van der Waals surface area (Å²) in [5.41, 5.74) is 2.63. The van der Waals surface area contributed by atoms with E-state index in [0.29, 0.717) is 5.56 Å². The molecule has 1 aromatic heterocycles. The van der Waals surface area contributed by atoms with E-state index in [9.17, 15) is 13.5 Å². The molecule has 1 heterocycles. The van der Waals surface area contributed by atoms with Gasteiger partial charge >= 0.3 is 0 Å². The second-order valence-corrected chi connectivity index (χ2v) is 9.94. The molecule has 0 saturated heterocycles. The number of aliphatic hydroxyl groups excluding tert-OH is 2. The summed E-state index contributed by atoms with van der Waals surface area (Å²) in [6.07, 6.45) is 0. The first-order valence-corrected chi connectivity index (χ1v) is 11.7. The number of sulfonamides is 1. The Morgan fingerprint density at radius 1 is 1.06 bits per heavy atom. The van der Waals surface area contributed by atoms with E-state index < -0.39 is 15.4 Å². The van der Waals surface area contributed by atoms with Gasteiger partial charge in [-0.1, -0.05) is 55.8 Å². The summed E-state index contributed by atoms with van der Waals surface area (Å²) in [5, 5.41) is 23.0. The second kappa shape index (κ2) is 9.32. The van der Waals surface area contributed by atoms with Crippen LogP contribution in [-0.4, -0.2) is 48.2 Å². The molecule has 0 bridgehead atoms. The third kappa shape index (κ3) is 4.95. The Bertz CT molecular complexity index is 1170. The van der Waals surface area contributed by atoms with Crippen LogP contribution >= 0.6 is 0 Å². The molecule has 0 aliphatic carbocycles. The Labute approximate surface area is 188 Å².